The molecule has 1 heterocycles. The number of halogens is 1. The molecule has 0 unspecified atom stereocenters. The maximum absolute atomic E-state index is 12.8. The highest BCUT2D eigenvalue weighted by Gasteiger charge is 2.22. The number of nitrogens with zero attached hydrogens (tertiary/aromatic N) is 3. The highest BCUT2D eigenvalue weighted by molar-refractivity contribution is 7.89. The summed E-state index contributed by atoms with van der Waals surface area (Å²) in [7, 11) is -0.433. The van der Waals surface area contributed by atoms with Gasteiger partial charge in [-0.15, -0.1) is 0 Å². The van der Waals surface area contributed by atoms with E-state index in [2.05, 4.69) is 4.90 Å². The molecule has 1 aliphatic rings. The maximum Gasteiger partial charge on any atom is 0.255 e. The fourth-order valence-electron chi connectivity index (χ4n) is 3.41. The number of ether oxygens (including phenoxy) is 1. The lowest BCUT2D eigenvalue weighted by molar-refractivity contribution is 0.0761. The third kappa shape index (κ3) is 5.98. The molecule has 0 aliphatic carbocycles. The summed E-state index contributed by atoms with van der Waals surface area (Å²) in [5, 5.41) is 0.478. The summed E-state index contributed by atoms with van der Waals surface area (Å²) in [6.07, 6.45) is 0.882. The number of amides is 1. The van der Waals surface area contributed by atoms with Crippen LogP contribution in [-0.2, 0) is 10.0 Å². The van der Waals surface area contributed by atoms with E-state index in [0.717, 1.165) is 26.1 Å². The summed E-state index contributed by atoms with van der Waals surface area (Å²) in [4.78, 5) is 17.1. The molecule has 1 aliphatic heterocycles. The average molecular weight is 466 g/mol. The Morgan fingerprint density at radius 2 is 1.74 bits per heavy atom. The summed E-state index contributed by atoms with van der Waals surface area (Å²) in [5.41, 5.74) is 0.542. The van der Waals surface area contributed by atoms with E-state index < -0.39 is 10.0 Å². The minimum absolute atomic E-state index is 0.0310. The van der Waals surface area contributed by atoms with Crippen LogP contribution < -0.4 is 4.74 Å². The molecule has 1 fully saturated rings. The minimum Gasteiger partial charge on any atom is -0.492 e. The van der Waals surface area contributed by atoms with Crippen LogP contribution in [0.5, 0.6) is 5.75 Å². The Bertz CT molecular complexity index is 996. The highest BCUT2D eigenvalue weighted by Crippen LogP contribution is 2.19. The molecule has 0 atom stereocenters. The average Bonchev–Trinajstić information content (AvgIpc) is 3.00. The Labute approximate surface area is 189 Å². The molecule has 9 heteroatoms. The lowest BCUT2D eigenvalue weighted by Crippen LogP contribution is -2.36. The van der Waals surface area contributed by atoms with Gasteiger partial charge in [0.15, 0.2) is 0 Å². The Kier molecular flexibility index (Phi) is 7.94. The third-order valence-electron chi connectivity index (χ3n) is 5.26. The molecule has 0 N–H and O–H groups in total. The van der Waals surface area contributed by atoms with Crippen molar-refractivity contribution in [1.82, 2.24) is 14.1 Å². The molecule has 1 saturated heterocycles. The monoisotopic (exact) mass is 465 g/mol. The summed E-state index contributed by atoms with van der Waals surface area (Å²) in [5.74, 6) is 0.597. The Morgan fingerprint density at radius 3 is 2.42 bits per heavy atom. The van der Waals surface area contributed by atoms with Gasteiger partial charge in [-0.25, -0.2) is 12.7 Å². The van der Waals surface area contributed by atoms with Crippen molar-refractivity contribution in [2.24, 2.45) is 0 Å². The first-order valence-corrected chi connectivity index (χ1v) is 12.0. The van der Waals surface area contributed by atoms with Crippen molar-refractivity contribution in [2.45, 2.75) is 11.3 Å². The SMILES string of the molecule is CN(C)S(=O)(=O)c1ccc(OCCN2CCCN(C(=O)c3ccccc3Cl)CC2)cc1. The fourth-order valence-corrected chi connectivity index (χ4v) is 4.53. The first-order valence-electron chi connectivity index (χ1n) is 10.2. The molecular weight excluding hydrogens is 438 g/mol. The van der Waals surface area contributed by atoms with Crippen LogP contribution in [0.15, 0.2) is 53.4 Å². The van der Waals surface area contributed by atoms with Crippen molar-refractivity contribution in [3.63, 3.8) is 0 Å². The van der Waals surface area contributed by atoms with Crippen LogP contribution in [0.1, 0.15) is 16.8 Å². The second-order valence-electron chi connectivity index (χ2n) is 7.57. The summed E-state index contributed by atoms with van der Waals surface area (Å²) >= 11 is 6.17. The van der Waals surface area contributed by atoms with Crippen LogP contribution in [-0.4, -0.2) is 81.9 Å². The second-order valence-corrected chi connectivity index (χ2v) is 10.1. The van der Waals surface area contributed by atoms with Gasteiger partial charge < -0.3 is 9.64 Å². The van der Waals surface area contributed by atoms with Crippen molar-refractivity contribution in [3.8, 4) is 5.75 Å². The van der Waals surface area contributed by atoms with E-state index in [4.69, 9.17) is 16.3 Å². The van der Waals surface area contributed by atoms with Gasteiger partial charge in [-0.3, -0.25) is 9.69 Å². The Morgan fingerprint density at radius 1 is 1.03 bits per heavy atom. The molecule has 0 aromatic heterocycles. The van der Waals surface area contributed by atoms with Crippen molar-refractivity contribution >= 4 is 27.5 Å². The van der Waals surface area contributed by atoms with Gasteiger partial charge in [-0.05, 0) is 42.8 Å². The standard InChI is InChI=1S/C22H28ClN3O4S/c1-24(2)31(28,29)19-10-8-18(9-11-19)30-17-16-25-12-5-13-26(15-14-25)22(27)20-6-3-4-7-21(20)23/h3-4,6-11H,5,12-17H2,1-2H3. The Hall–Kier alpha value is -2.13. The molecule has 3 rings (SSSR count). The zero-order chi connectivity index (χ0) is 22.4. The molecule has 1 amide bonds. The minimum atomic E-state index is -3.44. The first kappa shape index (κ1) is 23.5. The number of benzene rings is 2. The first-order chi connectivity index (χ1) is 14.8. The quantitative estimate of drug-likeness (QED) is 0.628. The van der Waals surface area contributed by atoms with Gasteiger partial charge in [0.05, 0.1) is 15.5 Å². The zero-order valence-electron chi connectivity index (χ0n) is 17.8. The van der Waals surface area contributed by atoms with E-state index in [1.165, 1.54) is 18.4 Å². The van der Waals surface area contributed by atoms with Crippen LogP contribution in [0.3, 0.4) is 0 Å². The van der Waals surface area contributed by atoms with E-state index in [9.17, 15) is 13.2 Å². The molecule has 7 nitrogen and oxygen atoms in total. The normalized spacial score (nSPS) is 15.7. The van der Waals surface area contributed by atoms with E-state index in [-0.39, 0.29) is 10.8 Å². The van der Waals surface area contributed by atoms with Gasteiger partial charge in [0.2, 0.25) is 10.0 Å². The molecular formula is C22H28ClN3O4S. The maximum atomic E-state index is 12.8. The van der Waals surface area contributed by atoms with Crippen LogP contribution in [0.25, 0.3) is 0 Å². The number of carbonyl (C=O) groups excluding carboxylic acids is 1. The van der Waals surface area contributed by atoms with Gasteiger partial charge in [-0.2, -0.15) is 0 Å². The molecule has 0 bridgehead atoms. The van der Waals surface area contributed by atoms with Crippen molar-refractivity contribution in [3.05, 3.63) is 59.1 Å². The lowest BCUT2D eigenvalue weighted by Gasteiger charge is -2.22. The Balaban J connectivity index is 1.48. The molecule has 31 heavy (non-hydrogen) atoms. The number of carbonyl (C=O) groups is 1. The second kappa shape index (κ2) is 10.5. The van der Waals surface area contributed by atoms with Gasteiger partial charge in [0.25, 0.3) is 5.91 Å². The smallest absolute Gasteiger partial charge is 0.255 e. The van der Waals surface area contributed by atoms with Crippen LogP contribution in [0.2, 0.25) is 5.02 Å². The van der Waals surface area contributed by atoms with Gasteiger partial charge in [-0.1, -0.05) is 23.7 Å². The van der Waals surface area contributed by atoms with Gasteiger partial charge >= 0.3 is 0 Å². The van der Waals surface area contributed by atoms with Crippen LogP contribution >= 0.6 is 11.6 Å². The van der Waals surface area contributed by atoms with Crippen LogP contribution in [0.4, 0.5) is 0 Å². The van der Waals surface area contributed by atoms with Gasteiger partial charge in [0, 0.05) is 46.8 Å². The lowest BCUT2D eigenvalue weighted by atomic mass is 10.2. The van der Waals surface area contributed by atoms with Crippen molar-refractivity contribution < 1.29 is 17.9 Å². The predicted molar refractivity (Wildman–Crippen MR) is 121 cm³/mol. The van der Waals surface area contributed by atoms with Crippen molar-refractivity contribution in [2.75, 3.05) is 53.4 Å². The molecule has 168 valence electrons. The zero-order valence-corrected chi connectivity index (χ0v) is 19.4. The number of rotatable bonds is 7. The van der Waals surface area contributed by atoms with E-state index in [0.29, 0.717) is 36.0 Å². The molecule has 2 aromatic carbocycles. The van der Waals surface area contributed by atoms with Crippen molar-refractivity contribution in [1.29, 1.82) is 0 Å². The summed E-state index contributed by atoms with van der Waals surface area (Å²) in [6, 6.07) is 13.6. The number of hydrogen-bond donors (Lipinski definition) is 0. The van der Waals surface area contributed by atoms with Gasteiger partial charge in [0.1, 0.15) is 12.4 Å². The predicted octanol–water partition coefficient (Wildman–Crippen LogP) is 2.82. The number of sulfonamides is 1. The third-order valence-corrected chi connectivity index (χ3v) is 7.42. The molecule has 0 radical (unpaired) electrons. The molecule has 0 spiro atoms. The number of hydrogen-bond acceptors (Lipinski definition) is 5. The highest BCUT2D eigenvalue weighted by atomic mass is 35.5. The van der Waals surface area contributed by atoms with Crippen LogP contribution in [0, 0.1) is 0 Å². The summed E-state index contributed by atoms with van der Waals surface area (Å²) in [6.45, 7) is 4.20. The molecule has 2 aromatic rings. The summed E-state index contributed by atoms with van der Waals surface area (Å²) < 4.78 is 31.2. The van der Waals surface area contributed by atoms with E-state index in [1.54, 1.807) is 36.4 Å². The fraction of sp³-hybridized carbons (Fsp3) is 0.409. The largest absolute Gasteiger partial charge is 0.492 e. The van der Waals surface area contributed by atoms with E-state index >= 15 is 0 Å². The molecule has 0 saturated carbocycles. The van der Waals surface area contributed by atoms with E-state index in [1.807, 2.05) is 17.0 Å². The topological polar surface area (TPSA) is 70.2 Å².